The number of benzene rings is 1. The van der Waals surface area contributed by atoms with Gasteiger partial charge in [0.1, 0.15) is 18.1 Å². The second-order valence-corrected chi connectivity index (χ2v) is 7.82. The molecule has 1 aromatic rings. The first-order chi connectivity index (χ1) is 14.9. The number of nitrogens with two attached hydrogens (primary N) is 1. The minimum atomic E-state index is -0.980. The Labute approximate surface area is 183 Å². The number of carbonyl (C=O) groups excluding carboxylic acids is 4. The molecule has 1 aliphatic rings. The van der Waals surface area contributed by atoms with Crippen molar-refractivity contribution in [1.82, 2.24) is 16.0 Å². The summed E-state index contributed by atoms with van der Waals surface area (Å²) in [4.78, 5) is 48.8. The van der Waals surface area contributed by atoms with E-state index in [1.807, 2.05) is 36.4 Å². The van der Waals surface area contributed by atoms with Crippen LogP contribution in [0.3, 0.4) is 0 Å². The lowest BCUT2D eigenvalue weighted by Crippen LogP contribution is -2.63. The highest BCUT2D eigenvalue weighted by Crippen LogP contribution is 2.10. The number of nitrogens with one attached hydrogen (secondary N) is 3. The molecule has 5 N–H and O–H groups in total. The molecule has 0 aliphatic carbocycles. The average Bonchev–Trinajstić information content (AvgIpc) is 2.74. The number of unbranched alkanes of at least 4 members (excludes halogenated alkanes) is 4. The van der Waals surface area contributed by atoms with Gasteiger partial charge in [-0.15, -0.1) is 6.58 Å². The summed E-state index contributed by atoms with van der Waals surface area (Å²) >= 11 is 0. The summed E-state index contributed by atoms with van der Waals surface area (Å²) in [7, 11) is 0. The molecule has 4 amide bonds. The molecule has 1 heterocycles. The van der Waals surface area contributed by atoms with Gasteiger partial charge in [-0.25, -0.2) is 0 Å². The zero-order valence-corrected chi connectivity index (χ0v) is 17.8. The summed E-state index contributed by atoms with van der Waals surface area (Å²) in [6.07, 6.45) is 7.13. The first-order valence-electron chi connectivity index (χ1n) is 10.7. The summed E-state index contributed by atoms with van der Waals surface area (Å²) in [5, 5.41) is 7.87. The van der Waals surface area contributed by atoms with Crippen molar-refractivity contribution < 1.29 is 19.2 Å². The molecular formula is C23H32N4O4. The van der Waals surface area contributed by atoms with Crippen LogP contribution in [0.15, 0.2) is 43.0 Å². The van der Waals surface area contributed by atoms with Crippen LogP contribution in [0.25, 0.3) is 0 Å². The Kier molecular flexibility index (Phi) is 9.74. The van der Waals surface area contributed by atoms with Crippen molar-refractivity contribution in [2.45, 2.75) is 69.5 Å². The summed E-state index contributed by atoms with van der Waals surface area (Å²) in [5.41, 5.74) is 6.33. The maximum atomic E-state index is 12.4. The molecule has 1 saturated heterocycles. The van der Waals surface area contributed by atoms with Gasteiger partial charge in [-0.05, 0) is 24.8 Å². The van der Waals surface area contributed by atoms with Gasteiger partial charge in [-0.2, -0.15) is 0 Å². The summed E-state index contributed by atoms with van der Waals surface area (Å²) < 4.78 is 0. The number of hydrogen-bond acceptors (Lipinski definition) is 4. The number of rotatable bonds is 13. The van der Waals surface area contributed by atoms with Crippen molar-refractivity contribution in [3.63, 3.8) is 0 Å². The maximum Gasteiger partial charge on any atom is 0.243 e. The van der Waals surface area contributed by atoms with E-state index in [0.717, 1.165) is 37.7 Å². The molecule has 31 heavy (non-hydrogen) atoms. The van der Waals surface area contributed by atoms with Gasteiger partial charge < -0.3 is 21.7 Å². The Morgan fingerprint density at radius 2 is 1.68 bits per heavy atom. The van der Waals surface area contributed by atoms with Crippen LogP contribution < -0.4 is 21.7 Å². The Bertz CT molecular complexity index is 781. The number of hydrogen-bond donors (Lipinski definition) is 4. The molecule has 1 aromatic carbocycles. The van der Waals surface area contributed by atoms with Gasteiger partial charge >= 0.3 is 0 Å². The quantitative estimate of drug-likeness (QED) is 0.277. The molecule has 8 nitrogen and oxygen atoms in total. The van der Waals surface area contributed by atoms with Crippen molar-refractivity contribution in [3.8, 4) is 0 Å². The molecule has 2 rings (SSSR count). The van der Waals surface area contributed by atoms with Crippen molar-refractivity contribution in [3.05, 3.63) is 48.6 Å². The monoisotopic (exact) mass is 428 g/mol. The molecule has 0 spiro atoms. The molecule has 0 unspecified atom stereocenters. The predicted octanol–water partition coefficient (Wildman–Crippen LogP) is 1.10. The van der Waals surface area contributed by atoms with Crippen LogP contribution in [-0.2, 0) is 25.6 Å². The first kappa shape index (κ1) is 24.1. The normalized spacial score (nSPS) is 19.1. The Morgan fingerprint density at radius 3 is 2.35 bits per heavy atom. The highest BCUT2D eigenvalue weighted by atomic mass is 16.2. The topological polar surface area (TPSA) is 130 Å². The maximum absolute atomic E-state index is 12.4. The van der Waals surface area contributed by atoms with E-state index in [0.29, 0.717) is 12.8 Å². The minimum Gasteiger partial charge on any atom is -0.368 e. The molecule has 0 bridgehead atoms. The van der Waals surface area contributed by atoms with E-state index in [2.05, 4.69) is 22.5 Å². The Balaban J connectivity index is 1.79. The van der Waals surface area contributed by atoms with Gasteiger partial charge in [0.25, 0.3) is 0 Å². The van der Waals surface area contributed by atoms with Gasteiger partial charge in [0.15, 0.2) is 0 Å². The lowest BCUT2D eigenvalue weighted by molar-refractivity contribution is -0.138. The van der Waals surface area contributed by atoms with Gasteiger partial charge in [0, 0.05) is 6.42 Å². The highest BCUT2D eigenvalue weighted by Gasteiger charge is 2.35. The SMILES string of the molecule is C=CCCCCCC[C@@H](NC(=O)C[C@@H]1NC(=O)[C@H](Cc2ccccc2)NC1=O)C(N)=O. The number of primary amides is 1. The van der Waals surface area contributed by atoms with Crippen molar-refractivity contribution in [2.75, 3.05) is 0 Å². The van der Waals surface area contributed by atoms with Gasteiger partial charge in [0.05, 0.1) is 6.42 Å². The fourth-order valence-corrected chi connectivity index (χ4v) is 3.53. The van der Waals surface area contributed by atoms with E-state index < -0.39 is 35.8 Å². The second kappa shape index (κ2) is 12.5. The van der Waals surface area contributed by atoms with Crippen LogP contribution in [0.5, 0.6) is 0 Å². The van der Waals surface area contributed by atoms with Crippen LogP contribution in [-0.4, -0.2) is 41.8 Å². The molecular weight excluding hydrogens is 396 g/mol. The van der Waals surface area contributed by atoms with Gasteiger partial charge in [-0.3, -0.25) is 19.2 Å². The zero-order valence-electron chi connectivity index (χ0n) is 17.8. The van der Waals surface area contributed by atoms with E-state index in [1.165, 1.54) is 0 Å². The molecule has 0 saturated carbocycles. The summed E-state index contributed by atoms with van der Waals surface area (Å²) in [6.45, 7) is 3.68. The first-order valence-corrected chi connectivity index (χ1v) is 10.7. The van der Waals surface area contributed by atoms with E-state index in [-0.39, 0.29) is 12.3 Å². The highest BCUT2D eigenvalue weighted by molar-refractivity contribution is 5.99. The molecule has 0 aromatic heterocycles. The molecule has 1 aliphatic heterocycles. The minimum absolute atomic E-state index is 0.251. The number of amides is 4. The Morgan fingerprint density at radius 1 is 1.03 bits per heavy atom. The average molecular weight is 429 g/mol. The fraction of sp³-hybridized carbons (Fsp3) is 0.478. The van der Waals surface area contributed by atoms with E-state index >= 15 is 0 Å². The third-order valence-electron chi connectivity index (χ3n) is 5.27. The third-order valence-corrected chi connectivity index (χ3v) is 5.27. The molecule has 0 radical (unpaired) electrons. The summed E-state index contributed by atoms with van der Waals surface area (Å²) in [5.74, 6) is -1.88. The Hall–Kier alpha value is -3.16. The third kappa shape index (κ3) is 8.24. The number of allylic oxidation sites excluding steroid dienone is 1. The lowest BCUT2D eigenvalue weighted by Gasteiger charge is -2.29. The van der Waals surface area contributed by atoms with Gasteiger partial charge in [0.2, 0.25) is 23.6 Å². The van der Waals surface area contributed by atoms with Crippen molar-refractivity contribution in [1.29, 1.82) is 0 Å². The lowest BCUT2D eigenvalue weighted by atomic mass is 10.0. The van der Waals surface area contributed by atoms with E-state index in [9.17, 15) is 19.2 Å². The standard InChI is InChI=1S/C23H32N4O4/c1-2-3-4-5-6-10-13-17(21(24)29)25-20(28)15-19-23(31)26-18(22(30)27-19)14-16-11-8-7-9-12-16/h2,7-9,11-12,17-19H,1,3-6,10,13-15H2,(H2,24,29)(H,25,28)(H,26,31)(H,27,30)/t17-,18+,19+/m1/s1. The molecule has 3 atom stereocenters. The zero-order chi connectivity index (χ0) is 22.6. The molecule has 8 heteroatoms. The number of piperazine rings is 1. The van der Waals surface area contributed by atoms with Crippen LogP contribution in [0, 0.1) is 0 Å². The smallest absolute Gasteiger partial charge is 0.243 e. The van der Waals surface area contributed by atoms with Gasteiger partial charge in [-0.1, -0.05) is 55.7 Å². The second-order valence-electron chi connectivity index (χ2n) is 7.82. The fourth-order valence-electron chi connectivity index (χ4n) is 3.53. The largest absolute Gasteiger partial charge is 0.368 e. The summed E-state index contributed by atoms with van der Waals surface area (Å²) in [6, 6.07) is 6.90. The number of carbonyl (C=O) groups is 4. The van der Waals surface area contributed by atoms with Crippen molar-refractivity contribution in [2.24, 2.45) is 5.73 Å². The van der Waals surface area contributed by atoms with Crippen molar-refractivity contribution >= 4 is 23.6 Å². The molecule has 1 fully saturated rings. The van der Waals surface area contributed by atoms with Crippen LogP contribution in [0.2, 0.25) is 0 Å². The van der Waals surface area contributed by atoms with E-state index in [1.54, 1.807) is 0 Å². The van der Waals surface area contributed by atoms with Crippen LogP contribution in [0.1, 0.15) is 50.5 Å². The predicted molar refractivity (Wildman–Crippen MR) is 118 cm³/mol. The van der Waals surface area contributed by atoms with Crippen LogP contribution in [0.4, 0.5) is 0 Å². The van der Waals surface area contributed by atoms with Crippen LogP contribution >= 0.6 is 0 Å². The molecule has 168 valence electrons. The van der Waals surface area contributed by atoms with E-state index in [4.69, 9.17) is 5.73 Å².